The summed E-state index contributed by atoms with van der Waals surface area (Å²) in [7, 11) is 1.94. The van der Waals surface area contributed by atoms with Crippen molar-refractivity contribution < 1.29 is 14.7 Å². The van der Waals surface area contributed by atoms with E-state index >= 15 is 0 Å². The summed E-state index contributed by atoms with van der Waals surface area (Å²) in [4.78, 5) is 25.7. The number of aromatic nitrogens is 1. The average molecular weight is 286 g/mol. The van der Waals surface area contributed by atoms with Crippen molar-refractivity contribution in [3.05, 3.63) is 36.0 Å². The number of rotatable bonds is 2. The molecule has 0 saturated carbocycles. The van der Waals surface area contributed by atoms with E-state index < -0.39 is 11.4 Å². The highest BCUT2D eigenvalue weighted by Gasteiger charge is 2.42. The number of hydrogen-bond acceptors (Lipinski definition) is 2. The van der Waals surface area contributed by atoms with Crippen LogP contribution in [0.4, 0.5) is 0 Å². The molecule has 3 rings (SSSR count). The summed E-state index contributed by atoms with van der Waals surface area (Å²) in [5.41, 5.74) is 0.809. The second-order valence-corrected chi connectivity index (χ2v) is 6.01. The number of benzene rings is 1. The van der Waals surface area contributed by atoms with Crippen LogP contribution < -0.4 is 0 Å². The van der Waals surface area contributed by atoms with Gasteiger partial charge in [-0.05, 0) is 31.5 Å². The first-order valence-electron chi connectivity index (χ1n) is 6.99. The maximum absolute atomic E-state index is 12.7. The van der Waals surface area contributed by atoms with Crippen molar-refractivity contribution in [3.63, 3.8) is 0 Å². The number of carbonyl (C=O) groups excluding carboxylic acids is 1. The number of carboxylic acid groups (broad SMARTS) is 1. The van der Waals surface area contributed by atoms with E-state index in [-0.39, 0.29) is 12.5 Å². The number of hydrogen-bond donors (Lipinski definition) is 1. The van der Waals surface area contributed by atoms with Crippen LogP contribution in [0.15, 0.2) is 30.5 Å². The third-order valence-electron chi connectivity index (χ3n) is 4.44. The van der Waals surface area contributed by atoms with Crippen molar-refractivity contribution in [1.29, 1.82) is 0 Å². The van der Waals surface area contributed by atoms with Crippen LogP contribution in [0.5, 0.6) is 0 Å². The first-order chi connectivity index (χ1) is 9.92. The zero-order valence-corrected chi connectivity index (χ0v) is 12.2. The molecule has 1 N–H and O–H groups in total. The minimum absolute atomic E-state index is 0.0863. The number of fused-ring (bicyclic) bond motifs is 1. The van der Waals surface area contributed by atoms with Crippen LogP contribution in [0.3, 0.4) is 0 Å². The highest BCUT2D eigenvalue weighted by Crippen LogP contribution is 2.32. The summed E-state index contributed by atoms with van der Waals surface area (Å²) in [6.07, 6.45) is 2.42. The Labute approximate surface area is 122 Å². The van der Waals surface area contributed by atoms with E-state index in [0.29, 0.717) is 18.5 Å². The molecule has 1 aliphatic heterocycles. The van der Waals surface area contributed by atoms with Gasteiger partial charge in [-0.1, -0.05) is 6.07 Å². The third kappa shape index (κ3) is 2.09. The number of likely N-dealkylation sites (tertiary alicyclic amines) is 1. The van der Waals surface area contributed by atoms with Crippen LogP contribution >= 0.6 is 0 Å². The molecular weight excluding hydrogens is 268 g/mol. The molecule has 0 radical (unpaired) electrons. The van der Waals surface area contributed by atoms with E-state index in [2.05, 4.69) is 0 Å². The first-order valence-corrected chi connectivity index (χ1v) is 6.99. The Morgan fingerprint density at radius 3 is 2.71 bits per heavy atom. The van der Waals surface area contributed by atoms with Gasteiger partial charge in [-0.2, -0.15) is 0 Å². The van der Waals surface area contributed by atoms with Crippen LogP contribution in [-0.4, -0.2) is 39.5 Å². The number of carbonyl (C=O) groups is 2. The number of aliphatic carboxylic acids is 1. The van der Waals surface area contributed by atoms with Gasteiger partial charge in [0.2, 0.25) is 0 Å². The second kappa shape index (κ2) is 4.62. The standard InChI is InChI=1S/C16H18N2O3/c1-16(15(20)21)7-9-18(10-16)14(19)12-4-3-5-13-11(12)6-8-17(13)2/h3-6,8H,7,9-10H2,1-2H3,(H,20,21)/t16-/m0/s1. The van der Waals surface area contributed by atoms with Gasteiger partial charge in [0.1, 0.15) is 0 Å². The summed E-state index contributed by atoms with van der Waals surface area (Å²) >= 11 is 0. The molecule has 0 bridgehead atoms. The van der Waals surface area contributed by atoms with E-state index in [4.69, 9.17) is 0 Å². The molecule has 1 fully saturated rings. The molecule has 0 aliphatic carbocycles. The maximum atomic E-state index is 12.7. The maximum Gasteiger partial charge on any atom is 0.311 e. The molecular formula is C16H18N2O3. The highest BCUT2D eigenvalue weighted by molar-refractivity contribution is 6.06. The van der Waals surface area contributed by atoms with E-state index in [1.54, 1.807) is 17.9 Å². The number of aryl methyl sites for hydroxylation is 1. The Hall–Kier alpha value is -2.30. The molecule has 110 valence electrons. The minimum Gasteiger partial charge on any atom is -0.481 e. The van der Waals surface area contributed by atoms with Crippen molar-refractivity contribution in [3.8, 4) is 0 Å². The van der Waals surface area contributed by atoms with Gasteiger partial charge in [0.05, 0.1) is 5.41 Å². The predicted octanol–water partition coefficient (Wildman–Crippen LogP) is 2.12. The molecule has 1 saturated heterocycles. The Bertz CT molecular complexity index is 734. The molecule has 1 aliphatic rings. The van der Waals surface area contributed by atoms with Gasteiger partial charge in [0.15, 0.2) is 0 Å². The van der Waals surface area contributed by atoms with Gasteiger partial charge in [-0.3, -0.25) is 9.59 Å². The van der Waals surface area contributed by atoms with E-state index in [9.17, 15) is 14.7 Å². The van der Waals surface area contributed by atoms with Crippen LogP contribution in [0, 0.1) is 5.41 Å². The zero-order valence-electron chi connectivity index (χ0n) is 12.2. The Morgan fingerprint density at radius 2 is 2.05 bits per heavy atom. The van der Waals surface area contributed by atoms with Gasteiger partial charge in [-0.15, -0.1) is 0 Å². The molecule has 1 aromatic carbocycles. The molecule has 2 heterocycles. The fourth-order valence-electron chi connectivity index (χ4n) is 2.97. The van der Waals surface area contributed by atoms with E-state index in [1.807, 2.05) is 36.0 Å². The van der Waals surface area contributed by atoms with Crippen molar-refractivity contribution >= 4 is 22.8 Å². The second-order valence-electron chi connectivity index (χ2n) is 6.01. The number of nitrogens with zero attached hydrogens (tertiary/aromatic N) is 2. The molecule has 0 spiro atoms. The topological polar surface area (TPSA) is 62.5 Å². The molecule has 0 unspecified atom stereocenters. The summed E-state index contributed by atoms with van der Waals surface area (Å²) in [6.45, 7) is 2.46. The van der Waals surface area contributed by atoms with Crippen LogP contribution in [0.2, 0.25) is 0 Å². The van der Waals surface area contributed by atoms with Crippen LogP contribution in [0.1, 0.15) is 23.7 Å². The molecule has 5 nitrogen and oxygen atoms in total. The van der Waals surface area contributed by atoms with E-state index in [1.165, 1.54) is 0 Å². The lowest BCUT2D eigenvalue weighted by atomic mass is 9.90. The van der Waals surface area contributed by atoms with Gasteiger partial charge in [0.25, 0.3) is 5.91 Å². The SMILES string of the molecule is Cn1ccc2c(C(=O)N3CC[C@](C)(C(=O)O)C3)cccc21. The van der Waals surface area contributed by atoms with Gasteiger partial charge < -0.3 is 14.6 Å². The number of amides is 1. The predicted molar refractivity (Wildman–Crippen MR) is 79.2 cm³/mol. The van der Waals surface area contributed by atoms with Crippen molar-refractivity contribution in [1.82, 2.24) is 9.47 Å². The fourth-order valence-corrected chi connectivity index (χ4v) is 2.97. The summed E-state index contributed by atoms with van der Waals surface area (Å²) < 4.78 is 1.97. The fraction of sp³-hybridized carbons (Fsp3) is 0.375. The molecule has 21 heavy (non-hydrogen) atoms. The van der Waals surface area contributed by atoms with Gasteiger partial charge in [0, 0.05) is 42.8 Å². The summed E-state index contributed by atoms with van der Waals surface area (Å²) in [5.74, 6) is -0.924. The number of carboxylic acids is 1. The Morgan fingerprint density at radius 1 is 1.29 bits per heavy atom. The Kier molecular flexibility index (Phi) is 3.01. The zero-order chi connectivity index (χ0) is 15.2. The first kappa shape index (κ1) is 13.7. The van der Waals surface area contributed by atoms with Gasteiger partial charge >= 0.3 is 5.97 Å². The minimum atomic E-state index is -0.837. The van der Waals surface area contributed by atoms with E-state index in [0.717, 1.165) is 10.9 Å². The van der Waals surface area contributed by atoms with Crippen molar-refractivity contribution in [2.75, 3.05) is 13.1 Å². The van der Waals surface area contributed by atoms with Gasteiger partial charge in [-0.25, -0.2) is 0 Å². The summed E-state index contributed by atoms with van der Waals surface area (Å²) in [6, 6.07) is 7.57. The van der Waals surface area contributed by atoms with Crippen molar-refractivity contribution in [2.24, 2.45) is 12.5 Å². The Balaban J connectivity index is 1.94. The molecule has 1 amide bonds. The summed E-state index contributed by atoms with van der Waals surface area (Å²) in [5, 5.41) is 10.2. The van der Waals surface area contributed by atoms with Crippen molar-refractivity contribution in [2.45, 2.75) is 13.3 Å². The van der Waals surface area contributed by atoms with Crippen LogP contribution in [-0.2, 0) is 11.8 Å². The normalized spacial score (nSPS) is 21.9. The molecule has 2 aromatic rings. The lowest BCUT2D eigenvalue weighted by Crippen LogP contribution is -2.34. The largest absolute Gasteiger partial charge is 0.481 e. The lowest BCUT2D eigenvalue weighted by molar-refractivity contribution is -0.147. The average Bonchev–Trinajstić information content (AvgIpc) is 3.03. The third-order valence-corrected chi connectivity index (χ3v) is 4.44. The molecule has 1 aromatic heterocycles. The quantitative estimate of drug-likeness (QED) is 0.919. The van der Waals surface area contributed by atoms with Crippen LogP contribution in [0.25, 0.3) is 10.9 Å². The highest BCUT2D eigenvalue weighted by atomic mass is 16.4. The molecule has 1 atom stereocenters. The molecule has 5 heteroatoms. The smallest absolute Gasteiger partial charge is 0.311 e. The monoisotopic (exact) mass is 286 g/mol. The lowest BCUT2D eigenvalue weighted by Gasteiger charge is -2.20.